The number of likely N-dealkylation sites (tertiary alicyclic amines) is 1. The molecule has 0 aliphatic carbocycles. The van der Waals surface area contributed by atoms with E-state index in [1.54, 1.807) is 24.3 Å². The Balaban J connectivity index is 1.61. The fourth-order valence-corrected chi connectivity index (χ4v) is 4.72. The van der Waals surface area contributed by atoms with Gasteiger partial charge in [0.2, 0.25) is 0 Å². The molecular weight excluding hydrogens is 417 g/mol. The van der Waals surface area contributed by atoms with Crippen LogP contribution in [0.3, 0.4) is 0 Å². The number of non-ortho nitro benzene ring substituents is 1. The number of thioether (sulfide) groups is 1. The van der Waals surface area contributed by atoms with Gasteiger partial charge in [0.25, 0.3) is 5.69 Å². The second-order valence-corrected chi connectivity index (χ2v) is 8.58. The van der Waals surface area contributed by atoms with Gasteiger partial charge in [0.1, 0.15) is 5.82 Å². The highest BCUT2D eigenvalue weighted by atomic mass is 32.2. The molecule has 7 nitrogen and oxygen atoms in total. The number of nitro benzene ring substituents is 1. The summed E-state index contributed by atoms with van der Waals surface area (Å²) in [5.74, 6) is 1.14. The van der Waals surface area contributed by atoms with Gasteiger partial charge in [-0.15, -0.1) is 10.2 Å². The summed E-state index contributed by atoms with van der Waals surface area (Å²) in [6.07, 6.45) is 3.61. The van der Waals surface area contributed by atoms with Gasteiger partial charge in [0.15, 0.2) is 11.0 Å². The number of hydrogen-bond acceptors (Lipinski definition) is 6. The lowest BCUT2D eigenvalue weighted by Gasteiger charge is -2.31. The van der Waals surface area contributed by atoms with Crippen LogP contribution in [0.5, 0.6) is 0 Å². The molecule has 0 N–H and O–H groups in total. The average molecular weight is 442 g/mol. The SMILES string of the molecule is CC(c1nnc(SCc2ccc([N+](=O)[O-])cc2)n1-c1ccc(F)cc1)N1CCCCC1. The van der Waals surface area contributed by atoms with Crippen molar-refractivity contribution in [3.63, 3.8) is 0 Å². The summed E-state index contributed by atoms with van der Waals surface area (Å²) >= 11 is 1.51. The summed E-state index contributed by atoms with van der Waals surface area (Å²) < 4.78 is 15.5. The second kappa shape index (κ2) is 9.57. The monoisotopic (exact) mass is 441 g/mol. The van der Waals surface area contributed by atoms with Gasteiger partial charge < -0.3 is 0 Å². The van der Waals surface area contributed by atoms with E-state index < -0.39 is 4.92 Å². The normalized spacial score (nSPS) is 15.7. The number of benzene rings is 2. The van der Waals surface area contributed by atoms with Crippen LogP contribution in [0.1, 0.15) is 43.6 Å². The molecule has 0 amide bonds. The maximum absolute atomic E-state index is 13.5. The molecule has 1 aliphatic rings. The van der Waals surface area contributed by atoms with E-state index in [-0.39, 0.29) is 17.5 Å². The van der Waals surface area contributed by atoms with E-state index in [2.05, 4.69) is 22.0 Å². The molecule has 1 aromatic heterocycles. The lowest BCUT2D eigenvalue weighted by molar-refractivity contribution is -0.384. The Bertz CT molecular complexity index is 1030. The molecule has 2 heterocycles. The minimum absolute atomic E-state index is 0.0703. The number of nitrogens with zero attached hydrogens (tertiary/aromatic N) is 5. The highest BCUT2D eigenvalue weighted by Gasteiger charge is 2.25. The first-order valence-corrected chi connectivity index (χ1v) is 11.3. The van der Waals surface area contributed by atoms with Crippen LogP contribution in [0, 0.1) is 15.9 Å². The molecule has 0 saturated carbocycles. The van der Waals surface area contributed by atoms with Crippen molar-refractivity contribution in [2.45, 2.75) is 43.1 Å². The number of aromatic nitrogens is 3. The van der Waals surface area contributed by atoms with Crippen LogP contribution < -0.4 is 0 Å². The highest BCUT2D eigenvalue weighted by Crippen LogP contribution is 2.31. The van der Waals surface area contributed by atoms with Crippen LogP contribution >= 0.6 is 11.8 Å². The Morgan fingerprint density at radius 1 is 1.06 bits per heavy atom. The van der Waals surface area contributed by atoms with E-state index in [0.717, 1.165) is 30.2 Å². The van der Waals surface area contributed by atoms with Gasteiger partial charge in [-0.2, -0.15) is 0 Å². The second-order valence-electron chi connectivity index (χ2n) is 7.64. The van der Waals surface area contributed by atoms with Crippen LogP contribution in [-0.2, 0) is 5.75 Å². The molecule has 1 aliphatic heterocycles. The average Bonchev–Trinajstić information content (AvgIpc) is 3.22. The first-order valence-electron chi connectivity index (χ1n) is 10.3. The van der Waals surface area contributed by atoms with E-state index in [1.165, 1.54) is 55.3 Å². The Morgan fingerprint density at radius 2 is 1.74 bits per heavy atom. The third-order valence-corrected chi connectivity index (χ3v) is 6.57. The maximum atomic E-state index is 13.5. The van der Waals surface area contributed by atoms with Crippen molar-refractivity contribution in [2.24, 2.45) is 0 Å². The van der Waals surface area contributed by atoms with Crippen LogP contribution in [0.2, 0.25) is 0 Å². The van der Waals surface area contributed by atoms with Crippen molar-refractivity contribution in [2.75, 3.05) is 13.1 Å². The van der Waals surface area contributed by atoms with Gasteiger partial charge in [-0.05, 0) is 62.7 Å². The van der Waals surface area contributed by atoms with Crippen molar-refractivity contribution in [1.82, 2.24) is 19.7 Å². The molecule has 162 valence electrons. The third-order valence-electron chi connectivity index (χ3n) is 5.57. The Morgan fingerprint density at radius 3 is 2.39 bits per heavy atom. The molecule has 31 heavy (non-hydrogen) atoms. The van der Waals surface area contributed by atoms with Crippen molar-refractivity contribution in [3.8, 4) is 5.69 Å². The predicted octanol–water partition coefficient (Wildman–Crippen LogP) is 5.15. The van der Waals surface area contributed by atoms with E-state index in [4.69, 9.17) is 0 Å². The number of hydrogen-bond donors (Lipinski definition) is 0. The molecule has 2 aromatic carbocycles. The van der Waals surface area contributed by atoms with Gasteiger partial charge in [-0.1, -0.05) is 30.3 Å². The third kappa shape index (κ3) is 4.94. The van der Waals surface area contributed by atoms with Crippen LogP contribution in [0.25, 0.3) is 5.69 Å². The smallest absolute Gasteiger partial charge is 0.269 e. The zero-order valence-electron chi connectivity index (χ0n) is 17.3. The van der Waals surface area contributed by atoms with Crippen LogP contribution in [-0.4, -0.2) is 37.7 Å². The maximum Gasteiger partial charge on any atom is 0.269 e. The van der Waals surface area contributed by atoms with Crippen molar-refractivity contribution >= 4 is 17.4 Å². The molecule has 0 bridgehead atoms. The fourth-order valence-electron chi connectivity index (χ4n) is 3.81. The summed E-state index contributed by atoms with van der Waals surface area (Å²) in [7, 11) is 0. The molecule has 9 heteroatoms. The quantitative estimate of drug-likeness (QED) is 0.287. The predicted molar refractivity (Wildman–Crippen MR) is 118 cm³/mol. The first kappa shape index (κ1) is 21.5. The zero-order chi connectivity index (χ0) is 21.8. The Labute approximate surface area is 184 Å². The standard InChI is InChI=1S/C22H24FN5O2S/c1-16(26-13-3-2-4-14-26)21-24-25-22(27(21)19-11-7-18(23)8-12-19)31-15-17-5-9-20(10-6-17)28(29)30/h5-12,16H,2-4,13-15H2,1H3. The highest BCUT2D eigenvalue weighted by molar-refractivity contribution is 7.98. The lowest BCUT2D eigenvalue weighted by Crippen LogP contribution is -2.33. The van der Waals surface area contributed by atoms with E-state index in [9.17, 15) is 14.5 Å². The van der Waals surface area contributed by atoms with E-state index >= 15 is 0 Å². The molecule has 3 aromatic rings. The topological polar surface area (TPSA) is 77.1 Å². The summed E-state index contributed by atoms with van der Waals surface area (Å²) in [5.41, 5.74) is 1.84. The van der Waals surface area contributed by atoms with Crippen molar-refractivity contribution in [3.05, 3.63) is 75.9 Å². The number of nitro groups is 1. The van der Waals surface area contributed by atoms with Gasteiger partial charge in [0, 0.05) is 23.6 Å². The van der Waals surface area contributed by atoms with Crippen molar-refractivity contribution in [1.29, 1.82) is 0 Å². The molecule has 1 fully saturated rings. The van der Waals surface area contributed by atoms with E-state index in [0.29, 0.717) is 10.9 Å². The van der Waals surface area contributed by atoms with Crippen LogP contribution in [0.15, 0.2) is 53.7 Å². The Hall–Kier alpha value is -2.78. The van der Waals surface area contributed by atoms with Gasteiger partial charge >= 0.3 is 0 Å². The summed E-state index contributed by atoms with van der Waals surface area (Å²) in [6.45, 7) is 4.20. The van der Waals surface area contributed by atoms with E-state index in [1.807, 2.05) is 4.57 Å². The minimum Gasteiger partial charge on any atom is -0.294 e. The summed E-state index contributed by atoms with van der Waals surface area (Å²) in [4.78, 5) is 12.9. The van der Waals surface area contributed by atoms with Gasteiger partial charge in [0.05, 0.1) is 11.0 Å². The lowest BCUT2D eigenvalue weighted by atomic mass is 10.1. The number of rotatable bonds is 7. The minimum atomic E-state index is -0.406. The first-order chi connectivity index (χ1) is 15.0. The molecule has 0 radical (unpaired) electrons. The summed E-state index contributed by atoms with van der Waals surface area (Å²) in [5, 5.41) is 20.5. The molecule has 1 unspecified atom stereocenters. The molecule has 1 atom stereocenters. The van der Waals surface area contributed by atoms with Gasteiger partial charge in [-0.3, -0.25) is 19.6 Å². The molecular formula is C22H24FN5O2S. The number of piperidine rings is 1. The number of halogens is 1. The zero-order valence-corrected chi connectivity index (χ0v) is 18.1. The molecule has 4 rings (SSSR count). The largest absolute Gasteiger partial charge is 0.294 e. The van der Waals surface area contributed by atoms with Crippen LogP contribution in [0.4, 0.5) is 10.1 Å². The Kier molecular flexibility index (Phi) is 6.62. The summed E-state index contributed by atoms with van der Waals surface area (Å²) in [6, 6.07) is 13.0. The van der Waals surface area contributed by atoms with Crippen molar-refractivity contribution < 1.29 is 9.31 Å². The molecule has 0 spiro atoms. The fraction of sp³-hybridized carbons (Fsp3) is 0.364. The van der Waals surface area contributed by atoms with Gasteiger partial charge in [-0.25, -0.2) is 4.39 Å². The molecule has 1 saturated heterocycles.